The third kappa shape index (κ3) is 4.73. The molecule has 0 bridgehead atoms. The number of amides is 1. The highest BCUT2D eigenvalue weighted by Crippen LogP contribution is 2.32. The van der Waals surface area contributed by atoms with E-state index >= 15 is 0 Å². The molecule has 1 aromatic carbocycles. The second kappa shape index (κ2) is 8.38. The van der Waals surface area contributed by atoms with E-state index in [1.807, 2.05) is 30.1 Å². The van der Waals surface area contributed by atoms with E-state index in [1.54, 1.807) is 0 Å². The minimum absolute atomic E-state index is 0. The monoisotopic (exact) mass is 341 g/mol. The molecule has 2 aliphatic rings. The first-order chi connectivity index (χ1) is 10.7. The SMILES string of the molecule is CN(CCC(=O)N1CCNCC1)Cc1ccc2c(c1)OCO2.Cl. The van der Waals surface area contributed by atoms with Gasteiger partial charge < -0.3 is 24.6 Å². The predicted molar refractivity (Wildman–Crippen MR) is 90.2 cm³/mol. The summed E-state index contributed by atoms with van der Waals surface area (Å²) < 4.78 is 10.7. The smallest absolute Gasteiger partial charge is 0.231 e. The Morgan fingerprint density at radius 2 is 2.00 bits per heavy atom. The van der Waals surface area contributed by atoms with Crippen LogP contribution in [0.15, 0.2) is 18.2 Å². The van der Waals surface area contributed by atoms with Crippen molar-refractivity contribution in [2.24, 2.45) is 0 Å². The first kappa shape index (κ1) is 17.8. The van der Waals surface area contributed by atoms with E-state index in [2.05, 4.69) is 10.2 Å². The van der Waals surface area contributed by atoms with Crippen LogP contribution in [-0.2, 0) is 11.3 Å². The number of carbonyl (C=O) groups is 1. The highest BCUT2D eigenvalue weighted by atomic mass is 35.5. The van der Waals surface area contributed by atoms with Crippen LogP contribution in [0, 0.1) is 0 Å². The Labute approximate surface area is 143 Å². The Morgan fingerprint density at radius 1 is 1.26 bits per heavy atom. The minimum atomic E-state index is 0. The van der Waals surface area contributed by atoms with Gasteiger partial charge in [-0.1, -0.05) is 6.07 Å². The van der Waals surface area contributed by atoms with Crippen LogP contribution in [0.25, 0.3) is 0 Å². The number of piperazine rings is 1. The van der Waals surface area contributed by atoms with Crippen LogP contribution in [0.1, 0.15) is 12.0 Å². The van der Waals surface area contributed by atoms with Crippen molar-refractivity contribution in [1.29, 1.82) is 0 Å². The minimum Gasteiger partial charge on any atom is -0.454 e. The van der Waals surface area contributed by atoms with Crippen molar-refractivity contribution >= 4 is 18.3 Å². The Hall–Kier alpha value is -1.50. The van der Waals surface area contributed by atoms with Gasteiger partial charge in [-0.25, -0.2) is 0 Å². The van der Waals surface area contributed by atoms with Crippen LogP contribution in [-0.4, -0.2) is 62.3 Å². The molecule has 128 valence electrons. The summed E-state index contributed by atoms with van der Waals surface area (Å²) in [5.74, 6) is 1.86. The fourth-order valence-electron chi connectivity index (χ4n) is 2.79. The lowest BCUT2D eigenvalue weighted by molar-refractivity contribution is -0.132. The number of fused-ring (bicyclic) bond motifs is 1. The van der Waals surface area contributed by atoms with Gasteiger partial charge in [0.25, 0.3) is 0 Å². The average Bonchev–Trinajstić information content (AvgIpc) is 3.01. The Morgan fingerprint density at radius 3 is 2.78 bits per heavy atom. The molecule has 0 spiro atoms. The molecule has 0 saturated carbocycles. The number of nitrogens with zero attached hydrogens (tertiary/aromatic N) is 2. The van der Waals surface area contributed by atoms with Crippen molar-refractivity contribution in [2.45, 2.75) is 13.0 Å². The summed E-state index contributed by atoms with van der Waals surface area (Å²) in [6, 6.07) is 6.00. The molecule has 2 aliphatic heterocycles. The Kier molecular flexibility index (Phi) is 6.50. The van der Waals surface area contributed by atoms with Gasteiger partial charge in [0, 0.05) is 45.7 Å². The van der Waals surface area contributed by atoms with Crippen LogP contribution in [0.4, 0.5) is 0 Å². The Balaban J connectivity index is 0.00000192. The zero-order valence-electron chi connectivity index (χ0n) is 13.4. The molecule has 0 aromatic heterocycles. The van der Waals surface area contributed by atoms with E-state index < -0.39 is 0 Å². The predicted octanol–water partition coefficient (Wildman–Crippen LogP) is 1.09. The maximum atomic E-state index is 12.1. The van der Waals surface area contributed by atoms with Crippen LogP contribution >= 0.6 is 12.4 Å². The van der Waals surface area contributed by atoms with Crippen LogP contribution in [0.2, 0.25) is 0 Å². The summed E-state index contributed by atoms with van der Waals surface area (Å²) in [7, 11) is 2.04. The third-order valence-electron chi connectivity index (χ3n) is 4.07. The highest BCUT2D eigenvalue weighted by Gasteiger charge is 2.17. The standard InChI is InChI=1S/C16H23N3O3.ClH/c1-18(7-4-16(20)19-8-5-17-6-9-19)11-13-2-3-14-15(10-13)22-12-21-14;/h2-3,10,17H,4-9,11-12H2,1H3;1H. The quantitative estimate of drug-likeness (QED) is 0.869. The van der Waals surface area contributed by atoms with E-state index in [0.717, 1.165) is 50.8 Å². The number of halogens is 1. The summed E-state index contributed by atoms with van der Waals surface area (Å²) >= 11 is 0. The maximum Gasteiger partial charge on any atom is 0.231 e. The molecular weight excluding hydrogens is 318 g/mol. The molecule has 1 fully saturated rings. The molecule has 0 radical (unpaired) electrons. The van der Waals surface area contributed by atoms with Crippen molar-refractivity contribution < 1.29 is 14.3 Å². The molecule has 7 heteroatoms. The molecule has 1 N–H and O–H groups in total. The van der Waals surface area contributed by atoms with Gasteiger partial charge >= 0.3 is 0 Å². The molecule has 23 heavy (non-hydrogen) atoms. The van der Waals surface area contributed by atoms with Gasteiger partial charge in [-0.2, -0.15) is 0 Å². The molecular formula is C16H24ClN3O3. The Bertz CT molecular complexity index is 535. The summed E-state index contributed by atoms with van der Waals surface area (Å²) in [5.41, 5.74) is 1.17. The number of hydrogen-bond acceptors (Lipinski definition) is 5. The van der Waals surface area contributed by atoms with E-state index in [9.17, 15) is 4.79 Å². The molecule has 1 saturated heterocycles. The van der Waals surface area contributed by atoms with Gasteiger partial charge in [-0.3, -0.25) is 4.79 Å². The normalized spacial score (nSPS) is 16.3. The van der Waals surface area contributed by atoms with Crippen LogP contribution in [0.5, 0.6) is 11.5 Å². The second-order valence-electron chi connectivity index (χ2n) is 5.81. The number of hydrogen-bond donors (Lipinski definition) is 1. The molecule has 3 rings (SSSR count). The molecule has 0 aliphatic carbocycles. The van der Waals surface area contributed by atoms with Gasteiger partial charge in [0.1, 0.15) is 0 Å². The first-order valence-electron chi connectivity index (χ1n) is 7.78. The van der Waals surface area contributed by atoms with Crippen molar-refractivity contribution in [3.05, 3.63) is 23.8 Å². The van der Waals surface area contributed by atoms with E-state index in [0.29, 0.717) is 13.2 Å². The second-order valence-corrected chi connectivity index (χ2v) is 5.81. The molecule has 6 nitrogen and oxygen atoms in total. The zero-order valence-corrected chi connectivity index (χ0v) is 14.2. The van der Waals surface area contributed by atoms with Gasteiger partial charge in [-0.05, 0) is 24.7 Å². The summed E-state index contributed by atoms with van der Waals surface area (Å²) in [6.07, 6.45) is 0.570. The molecule has 1 aromatic rings. The number of rotatable bonds is 5. The number of benzene rings is 1. The zero-order chi connectivity index (χ0) is 15.4. The summed E-state index contributed by atoms with van der Waals surface area (Å²) in [5, 5.41) is 3.26. The van der Waals surface area contributed by atoms with E-state index in [-0.39, 0.29) is 18.3 Å². The number of nitrogens with one attached hydrogen (secondary N) is 1. The molecule has 1 amide bonds. The lowest BCUT2D eigenvalue weighted by atomic mass is 10.2. The van der Waals surface area contributed by atoms with Crippen LogP contribution in [0.3, 0.4) is 0 Å². The largest absolute Gasteiger partial charge is 0.454 e. The summed E-state index contributed by atoms with van der Waals surface area (Å²) in [6.45, 7) is 5.31. The lowest BCUT2D eigenvalue weighted by Gasteiger charge is -2.28. The molecule has 0 atom stereocenters. The van der Waals surface area contributed by atoms with Crippen LogP contribution < -0.4 is 14.8 Å². The van der Waals surface area contributed by atoms with Crippen molar-refractivity contribution in [2.75, 3.05) is 46.6 Å². The summed E-state index contributed by atoms with van der Waals surface area (Å²) in [4.78, 5) is 16.3. The van der Waals surface area contributed by atoms with E-state index in [4.69, 9.17) is 9.47 Å². The van der Waals surface area contributed by atoms with Crippen molar-refractivity contribution in [3.8, 4) is 11.5 Å². The van der Waals surface area contributed by atoms with E-state index in [1.165, 1.54) is 5.56 Å². The maximum absolute atomic E-state index is 12.1. The topological polar surface area (TPSA) is 54.0 Å². The first-order valence-corrected chi connectivity index (χ1v) is 7.78. The van der Waals surface area contributed by atoms with Gasteiger partial charge in [0.15, 0.2) is 11.5 Å². The van der Waals surface area contributed by atoms with Crippen molar-refractivity contribution in [1.82, 2.24) is 15.1 Å². The van der Waals surface area contributed by atoms with Gasteiger partial charge in [0.2, 0.25) is 12.7 Å². The van der Waals surface area contributed by atoms with Gasteiger partial charge in [0.05, 0.1) is 0 Å². The number of carbonyl (C=O) groups excluding carboxylic acids is 1. The highest BCUT2D eigenvalue weighted by molar-refractivity contribution is 5.85. The fraction of sp³-hybridized carbons (Fsp3) is 0.562. The fourth-order valence-corrected chi connectivity index (χ4v) is 2.79. The third-order valence-corrected chi connectivity index (χ3v) is 4.07. The number of ether oxygens (including phenoxy) is 2. The molecule has 0 unspecified atom stereocenters. The van der Waals surface area contributed by atoms with Gasteiger partial charge in [-0.15, -0.1) is 12.4 Å². The molecule has 2 heterocycles. The van der Waals surface area contributed by atoms with Crippen molar-refractivity contribution in [3.63, 3.8) is 0 Å². The lowest BCUT2D eigenvalue weighted by Crippen LogP contribution is -2.47. The average molecular weight is 342 g/mol.